The van der Waals surface area contributed by atoms with Gasteiger partial charge in [-0.2, -0.15) is 0 Å². The number of hydrogen-bond acceptors (Lipinski definition) is 7. The highest BCUT2D eigenvalue weighted by Gasteiger charge is 2.65. The molecule has 6 rings (SSSR count). The third-order valence-electron chi connectivity index (χ3n) is 8.51. The maximum Gasteiger partial charge on any atom is 0.256 e. The molecule has 0 radical (unpaired) electrons. The van der Waals surface area contributed by atoms with Crippen molar-refractivity contribution in [1.82, 2.24) is 0 Å². The summed E-state index contributed by atoms with van der Waals surface area (Å²) in [7, 11) is 0. The normalized spacial score (nSPS) is 33.7. The molecule has 204 valence electrons. The summed E-state index contributed by atoms with van der Waals surface area (Å²) >= 11 is 0. The molecule has 8 nitrogen and oxygen atoms in total. The van der Waals surface area contributed by atoms with Gasteiger partial charge in [-0.25, -0.2) is 0 Å². The van der Waals surface area contributed by atoms with Gasteiger partial charge in [0.1, 0.15) is 24.1 Å². The Morgan fingerprint density at radius 1 is 0.838 bits per heavy atom. The van der Waals surface area contributed by atoms with Gasteiger partial charge in [-0.1, -0.05) is 32.6 Å². The van der Waals surface area contributed by atoms with Gasteiger partial charge in [0.05, 0.1) is 6.61 Å². The molecule has 2 spiro atoms. The second kappa shape index (κ2) is 10.8. The first-order chi connectivity index (χ1) is 18.1. The van der Waals surface area contributed by atoms with Crippen molar-refractivity contribution in [1.29, 1.82) is 0 Å². The van der Waals surface area contributed by atoms with Gasteiger partial charge in [-0.3, -0.25) is 4.79 Å². The van der Waals surface area contributed by atoms with E-state index in [4.69, 9.17) is 28.4 Å². The highest BCUT2D eigenvalue weighted by molar-refractivity contribution is 5.94. The van der Waals surface area contributed by atoms with E-state index in [2.05, 4.69) is 12.2 Å². The first-order valence-corrected chi connectivity index (χ1v) is 14.5. The Labute approximate surface area is 219 Å². The van der Waals surface area contributed by atoms with Crippen LogP contribution in [0.1, 0.15) is 90.4 Å². The fourth-order valence-electron chi connectivity index (χ4n) is 6.56. The van der Waals surface area contributed by atoms with Crippen LogP contribution in [0.5, 0.6) is 5.75 Å². The zero-order valence-corrected chi connectivity index (χ0v) is 22.0. The van der Waals surface area contributed by atoms with Crippen LogP contribution in [0, 0.1) is 0 Å². The topological polar surface area (TPSA) is 84.5 Å². The number of hydrogen-bond donors (Lipinski definition) is 1. The lowest BCUT2D eigenvalue weighted by atomic mass is 9.94. The quantitative estimate of drug-likeness (QED) is 0.484. The minimum Gasteiger partial charge on any atom is -0.494 e. The van der Waals surface area contributed by atoms with E-state index in [0.29, 0.717) is 12.3 Å². The molecule has 1 aromatic carbocycles. The second-order valence-corrected chi connectivity index (χ2v) is 11.3. The number of ether oxygens (including phenoxy) is 6. The number of benzene rings is 1. The summed E-state index contributed by atoms with van der Waals surface area (Å²) in [5.74, 6) is -0.753. The number of unbranched alkanes of at least 4 members (excludes halogenated alkanes) is 2. The van der Waals surface area contributed by atoms with Crippen molar-refractivity contribution in [3.05, 3.63) is 24.3 Å². The molecular formula is C29H41NO7. The highest BCUT2D eigenvalue weighted by Crippen LogP contribution is 2.51. The van der Waals surface area contributed by atoms with Crippen LogP contribution < -0.4 is 10.1 Å². The van der Waals surface area contributed by atoms with Crippen molar-refractivity contribution < 1.29 is 33.2 Å². The van der Waals surface area contributed by atoms with E-state index in [1.54, 1.807) is 0 Å². The van der Waals surface area contributed by atoms with Crippen molar-refractivity contribution in [2.45, 2.75) is 133 Å². The van der Waals surface area contributed by atoms with Crippen LogP contribution in [0.2, 0.25) is 0 Å². The molecule has 1 amide bonds. The minimum absolute atomic E-state index is 0.255. The number of carbonyl (C=O) groups is 1. The summed E-state index contributed by atoms with van der Waals surface area (Å²) in [6, 6.07) is 7.48. The van der Waals surface area contributed by atoms with Crippen molar-refractivity contribution in [2.24, 2.45) is 0 Å². The predicted octanol–water partition coefficient (Wildman–Crippen LogP) is 5.44. The number of carbonyl (C=O) groups excluding carboxylic acids is 1. The van der Waals surface area contributed by atoms with E-state index in [-0.39, 0.29) is 5.91 Å². The van der Waals surface area contributed by atoms with Crippen LogP contribution >= 0.6 is 0 Å². The van der Waals surface area contributed by atoms with Crippen LogP contribution in [0.3, 0.4) is 0 Å². The lowest BCUT2D eigenvalue weighted by Gasteiger charge is -2.36. The molecule has 0 unspecified atom stereocenters. The Kier molecular flexibility index (Phi) is 7.47. The maximum atomic E-state index is 13.6. The van der Waals surface area contributed by atoms with E-state index in [1.807, 2.05) is 24.3 Å². The van der Waals surface area contributed by atoms with Gasteiger partial charge in [0.15, 0.2) is 24.0 Å². The maximum absolute atomic E-state index is 13.6. The first-order valence-electron chi connectivity index (χ1n) is 14.5. The van der Waals surface area contributed by atoms with Gasteiger partial charge in [-0.15, -0.1) is 0 Å². The molecule has 8 heteroatoms. The molecular weight excluding hydrogens is 474 g/mol. The number of fused-ring (bicyclic) bond motifs is 3. The van der Waals surface area contributed by atoms with Gasteiger partial charge in [0.25, 0.3) is 5.91 Å². The van der Waals surface area contributed by atoms with E-state index in [1.165, 1.54) is 12.8 Å². The Morgan fingerprint density at radius 2 is 1.46 bits per heavy atom. The average molecular weight is 516 g/mol. The monoisotopic (exact) mass is 515 g/mol. The minimum atomic E-state index is -0.847. The van der Waals surface area contributed by atoms with Crippen molar-refractivity contribution in [3.8, 4) is 5.75 Å². The molecule has 5 aliphatic rings. The fraction of sp³-hybridized carbons (Fsp3) is 0.759. The van der Waals surface area contributed by atoms with Crippen molar-refractivity contribution >= 4 is 11.6 Å². The average Bonchev–Trinajstić information content (AvgIpc) is 3.45. The molecule has 5 atom stereocenters. The summed E-state index contributed by atoms with van der Waals surface area (Å²) in [5, 5.41) is 3.02. The van der Waals surface area contributed by atoms with Gasteiger partial charge in [0, 0.05) is 31.4 Å². The molecule has 1 aromatic rings. The largest absolute Gasteiger partial charge is 0.494 e. The van der Waals surface area contributed by atoms with E-state index in [0.717, 1.165) is 76.4 Å². The summed E-state index contributed by atoms with van der Waals surface area (Å²) < 4.78 is 38.3. The van der Waals surface area contributed by atoms with Crippen LogP contribution in [0.4, 0.5) is 5.69 Å². The first kappa shape index (κ1) is 25.6. The number of anilines is 1. The fourth-order valence-corrected chi connectivity index (χ4v) is 6.56. The molecule has 37 heavy (non-hydrogen) atoms. The van der Waals surface area contributed by atoms with E-state index in [9.17, 15) is 4.79 Å². The van der Waals surface area contributed by atoms with Crippen LogP contribution in [0.15, 0.2) is 24.3 Å². The molecule has 3 aliphatic heterocycles. The Bertz CT molecular complexity index is 925. The van der Waals surface area contributed by atoms with E-state index < -0.39 is 42.3 Å². The molecule has 2 saturated carbocycles. The molecule has 1 N–H and O–H groups in total. The summed E-state index contributed by atoms with van der Waals surface area (Å²) in [6.07, 6.45) is 10.5. The zero-order chi connectivity index (χ0) is 25.3. The predicted molar refractivity (Wildman–Crippen MR) is 136 cm³/mol. The molecule has 0 aromatic heterocycles. The summed E-state index contributed by atoms with van der Waals surface area (Å²) in [5.41, 5.74) is 0.687. The lowest BCUT2D eigenvalue weighted by Crippen LogP contribution is -2.58. The number of amides is 1. The lowest BCUT2D eigenvalue weighted by molar-refractivity contribution is -0.246. The van der Waals surface area contributed by atoms with Gasteiger partial charge < -0.3 is 33.7 Å². The van der Waals surface area contributed by atoms with Crippen molar-refractivity contribution in [3.63, 3.8) is 0 Å². The van der Waals surface area contributed by atoms with Crippen molar-refractivity contribution in [2.75, 3.05) is 11.9 Å². The smallest absolute Gasteiger partial charge is 0.256 e. The van der Waals surface area contributed by atoms with Crippen LogP contribution in [-0.4, -0.2) is 54.8 Å². The molecule has 5 fully saturated rings. The number of nitrogens with one attached hydrogen (secondary N) is 1. The molecule has 0 bridgehead atoms. The Balaban J connectivity index is 1.16. The van der Waals surface area contributed by atoms with Gasteiger partial charge >= 0.3 is 0 Å². The zero-order valence-electron chi connectivity index (χ0n) is 22.0. The Hall–Kier alpha value is -1.71. The Morgan fingerprint density at radius 3 is 2.14 bits per heavy atom. The second-order valence-electron chi connectivity index (χ2n) is 11.3. The van der Waals surface area contributed by atoms with Crippen LogP contribution in [0.25, 0.3) is 0 Å². The molecule has 3 saturated heterocycles. The van der Waals surface area contributed by atoms with Gasteiger partial charge in [0.2, 0.25) is 0 Å². The SMILES string of the molecule is CCCCCOc1ccc(NC(=O)[C@@H]2O[C@H]3OC4(CCCCC4)O[C@@H]3[C@H]3OC4(CCCCC4)O[C@H]32)cc1. The standard InChI is InChI=1S/C29H41NO7/c1-2-3-10-19-32-21-13-11-20(12-14-21)30-26(31)24-22-23(35-28(34-22)15-6-4-7-16-28)25-27(33-24)37-29(36-25)17-8-5-9-18-29/h11-14,22-25,27H,2-10,15-19H2,1H3,(H,30,31)/t22-,23+,24-,25-,27+/m1/s1. The summed E-state index contributed by atoms with van der Waals surface area (Å²) in [4.78, 5) is 13.6. The van der Waals surface area contributed by atoms with E-state index >= 15 is 0 Å². The third-order valence-corrected chi connectivity index (χ3v) is 8.51. The summed E-state index contributed by atoms with van der Waals surface area (Å²) in [6.45, 7) is 2.87. The van der Waals surface area contributed by atoms with Gasteiger partial charge in [-0.05, 0) is 56.4 Å². The highest BCUT2D eigenvalue weighted by atomic mass is 16.9. The third kappa shape index (κ3) is 5.28. The molecule has 3 heterocycles. The number of rotatable bonds is 7. The molecule has 2 aliphatic carbocycles. The van der Waals surface area contributed by atoms with Crippen LogP contribution in [-0.2, 0) is 28.5 Å².